The number of hydrogen-bond donors (Lipinski definition) is 1. The Kier molecular flexibility index (Phi) is 3.77. The second kappa shape index (κ2) is 4.66. The van der Waals surface area contributed by atoms with Crippen molar-refractivity contribution in [2.45, 2.75) is 4.90 Å². The summed E-state index contributed by atoms with van der Waals surface area (Å²) in [5, 5.41) is 2.96. The Morgan fingerprint density at radius 1 is 1.36 bits per heavy atom. The Morgan fingerprint density at radius 2 is 2.00 bits per heavy atom. The maximum absolute atomic E-state index is 11.3. The van der Waals surface area contributed by atoms with Crippen LogP contribution in [0.2, 0.25) is 0 Å². The van der Waals surface area contributed by atoms with Crippen LogP contribution in [-0.2, 0) is 9.84 Å². The molecule has 5 heteroatoms. The van der Waals surface area contributed by atoms with Crippen LogP contribution >= 0.6 is 11.6 Å². The molecule has 0 aliphatic rings. The molecule has 0 saturated heterocycles. The quantitative estimate of drug-likeness (QED) is 0.806. The van der Waals surface area contributed by atoms with E-state index in [-0.39, 0.29) is 0 Å². The van der Waals surface area contributed by atoms with Crippen LogP contribution in [0.4, 0.5) is 5.69 Å². The van der Waals surface area contributed by atoms with Gasteiger partial charge >= 0.3 is 0 Å². The Balaban J connectivity index is 3.04. The summed E-state index contributed by atoms with van der Waals surface area (Å²) in [4.78, 5) is 0.310. The highest BCUT2D eigenvalue weighted by molar-refractivity contribution is 7.90. The van der Waals surface area contributed by atoms with Crippen molar-refractivity contribution in [1.29, 1.82) is 0 Å². The third kappa shape index (κ3) is 2.89. The molecule has 1 aromatic rings. The fourth-order valence-electron chi connectivity index (χ4n) is 1.12. The van der Waals surface area contributed by atoms with Crippen molar-refractivity contribution >= 4 is 27.1 Å². The lowest BCUT2D eigenvalue weighted by molar-refractivity contribution is 0.602. The van der Waals surface area contributed by atoms with Crippen LogP contribution in [0, 0.1) is 0 Å². The molecule has 0 spiro atoms. The molecule has 0 heterocycles. The van der Waals surface area contributed by atoms with Crippen molar-refractivity contribution in [3.05, 3.63) is 24.3 Å². The summed E-state index contributed by atoms with van der Waals surface area (Å²) in [6, 6.07) is 6.78. The number of benzene rings is 1. The van der Waals surface area contributed by atoms with Gasteiger partial charge in [0.15, 0.2) is 9.84 Å². The van der Waals surface area contributed by atoms with Crippen molar-refractivity contribution < 1.29 is 8.42 Å². The average Bonchev–Trinajstić information content (AvgIpc) is 2.14. The van der Waals surface area contributed by atoms with E-state index in [1.54, 1.807) is 24.3 Å². The molecule has 0 atom stereocenters. The van der Waals surface area contributed by atoms with Gasteiger partial charge in [-0.05, 0) is 12.1 Å². The lowest BCUT2D eigenvalue weighted by Crippen LogP contribution is -2.07. The normalized spacial score (nSPS) is 11.3. The molecule has 0 radical (unpaired) electrons. The van der Waals surface area contributed by atoms with Crippen LogP contribution in [0.25, 0.3) is 0 Å². The van der Waals surface area contributed by atoms with E-state index in [9.17, 15) is 8.42 Å². The topological polar surface area (TPSA) is 46.2 Å². The van der Waals surface area contributed by atoms with Gasteiger partial charge in [-0.2, -0.15) is 0 Å². The molecule has 1 aromatic carbocycles. The first-order chi connectivity index (χ1) is 6.55. The van der Waals surface area contributed by atoms with Gasteiger partial charge in [0.25, 0.3) is 0 Å². The summed E-state index contributed by atoms with van der Waals surface area (Å²) in [5.41, 5.74) is 0.607. The zero-order valence-electron chi connectivity index (χ0n) is 7.83. The van der Waals surface area contributed by atoms with Crippen LogP contribution in [0.1, 0.15) is 0 Å². The Hall–Kier alpha value is -0.740. The second-order valence-electron chi connectivity index (χ2n) is 2.88. The van der Waals surface area contributed by atoms with E-state index in [0.29, 0.717) is 23.0 Å². The van der Waals surface area contributed by atoms with E-state index in [4.69, 9.17) is 11.6 Å². The number of halogens is 1. The van der Waals surface area contributed by atoms with Gasteiger partial charge in [-0.3, -0.25) is 0 Å². The third-order valence-electron chi connectivity index (χ3n) is 1.70. The number of para-hydroxylation sites is 1. The second-order valence-corrected chi connectivity index (χ2v) is 5.25. The van der Waals surface area contributed by atoms with E-state index < -0.39 is 9.84 Å². The van der Waals surface area contributed by atoms with Gasteiger partial charge in [-0.25, -0.2) is 8.42 Å². The largest absolute Gasteiger partial charge is 0.383 e. The predicted molar refractivity (Wildman–Crippen MR) is 58.8 cm³/mol. The van der Waals surface area contributed by atoms with E-state index in [1.165, 1.54) is 6.26 Å². The summed E-state index contributed by atoms with van der Waals surface area (Å²) in [5.74, 6) is 0.443. The third-order valence-corrected chi connectivity index (χ3v) is 3.04. The number of nitrogens with one attached hydrogen (secondary N) is 1. The Labute approximate surface area is 89.0 Å². The monoisotopic (exact) mass is 233 g/mol. The standard InChI is InChI=1S/C9H12ClNO2S/c1-14(12,13)9-5-3-2-4-8(9)11-7-6-10/h2-5,11H,6-7H2,1H3. The summed E-state index contributed by atoms with van der Waals surface area (Å²) in [6.45, 7) is 0.550. The van der Waals surface area contributed by atoms with Gasteiger partial charge in [0, 0.05) is 18.7 Å². The predicted octanol–water partition coefficient (Wildman–Crippen LogP) is 1.74. The lowest BCUT2D eigenvalue weighted by atomic mass is 10.3. The zero-order valence-corrected chi connectivity index (χ0v) is 9.40. The van der Waals surface area contributed by atoms with Crippen LogP contribution in [0.15, 0.2) is 29.2 Å². The van der Waals surface area contributed by atoms with Gasteiger partial charge in [-0.15, -0.1) is 11.6 Å². The van der Waals surface area contributed by atoms with Crippen molar-refractivity contribution in [3.63, 3.8) is 0 Å². The SMILES string of the molecule is CS(=O)(=O)c1ccccc1NCCCl. The van der Waals surface area contributed by atoms with Crippen molar-refractivity contribution in [2.24, 2.45) is 0 Å². The van der Waals surface area contributed by atoms with Gasteiger partial charge in [0.1, 0.15) is 0 Å². The van der Waals surface area contributed by atoms with Crippen LogP contribution in [0.5, 0.6) is 0 Å². The fourth-order valence-corrected chi connectivity index (χ4v) is 2.08. The van der Waals surface area contributed by atoms with Crippen molar-refractivity contribution in [2.75, 3.05) is 24.0 Å². The van der Waals surface area contributed by atoms with Gasteiger partial charge in [-0.1, -0.05) is 12.1 Å². The molecule has 0 aliphatic heterocycles. The summed E-state index contributed by atoms with van der Waals surface area (Å²) in [6.07, 6.45) is 1.19. The molecular weight excluding hydrogens is 222 g/mol. The van der Waals surface area contributed by atoms with E-state index in [1.807, 2.05) is 0 Å². The molecule has 0 aromatic heterocycles. The van der Waals surface area contributed by atoms with Crippen molar-refractivity contribution in [1.82, 2.24) is 0 Å². The number of anilines is 1. The van der Waals surface area contributed by atoms with Gasteiger partial charge < -0.3 is 5.32 Å². The number of sulfone groups is 1. The summed E-state index contributed by atoms with van der Waals surface area (Å²) >= 11 is 5.51. The minimum atomic E-state index is -3.17. The molecular formula is C9H12ClNO2S. The Morgan fingerprint density at radius 3 is 2.57 bits per heavy atom. The molecule has 78 valence electrons. The van der Waals surface area contributed by atoms with Crippen LogP contribution in [-0.4, -0.2) is 27.1 Å². The molecule has 0 amide bonds. The molecule has 3 nitrogen and oxygen atoms in total. The molecule has 1 N–H and O–H groups in total. The minimum absolute atomic E-state index is 0.310. The molecule has 0 fully saturated rings. The Bertz CT molecular complexity index is 403. The molecule has 1 rings (SSSR count). The maximum atomic E-state index is 11.3. The van der Waals surface area contributed by atoms with E-state index >= 15 is 0 Å². The number of hydrogen-bond acceptors (Lipinski definition) is 3. The number of rotatable bonds is 4. The zero-order chi connectivity index (χ0) is 10.6. The van der Waals surface area contributed by atoms with Crippen molar-refractivity contribution in [3.8, 4) is 0 Å². The molecule has 0 aliphatic carbocycles. The van der Waals surface area contributed by atoms with Gasteiger partial charge in [0.05, 0.1) is 10.6 Å². The smallest absolute Gasteiger partial charge is 0.177 e. The lowest BCUT2D eigenvalue weighted by Gasteiger charge is -2.08. The first-order valence-electron chi connectivity index (χ1n) is 4.14. The summed E-state index contributed by atoms with van der Waals surface area (Å²) in [7, 11) is -3.17. The van der Waals surface area contributed by atoms with Crippen LogP contribution in [0.3, 0.4) is 0 Å². The molecule has 0 unspecified atom stereocenters. The molecule has 14 heavy (non-hydrogen) atoms. The van der Waals surface area contributed by atoms with Gasteiger partial charge in [0.2, 0.25) is 0 Å². The minimum Gasteiger partial charge on any atom is -0.383 e. The molecule has 0 saturated carbocycles. The number of alkyl halides is 1. The molecule has 0 bridgehead atoms. The van der Waals surface area contributed by atoms with Crippen LogP contribution < -0.4 is 5.32 Å². The highest BCUT2D eigenvalue weighted by atomic mass is 35.5. The fraction of sp³-hybridized carbons (Fsp3) is 0.333. The highest BCUT2D eigenvalue weighted by Gasteiger charge is 2.11. The first-order valence-corrected chi connectivity index (χ1v) is 6.57. The maximum Gasteiger partial charge on any atom is 0.177 e. The van der Waals surface area contributed by atoms with E-state index in [0.717, 1.165) is 0 Å². The average molecular weight is 234 g/mol. The highest BCUT2D eigenvalue weighted by Crippen LogP contribution is 2.19. The van der Waals surface area contributed by atoms with E-state index in [2.05, 4.69) is 5.32 Å². The first kappa shape index (κ1) is 11.3. The summed E-state index contributed by atoms with van der Waals surface area (Å²) < 4.78 is 22.7.